The molecule has 4 aromatic heterocycles. The maximum Gasteiger partial charge on any atom is 0.225 e. The van der Waals surface area contributed by atoms with Gasteiger partial charge in [0.2, 0.25) is 11.8 Å². The monoisotopic (exact) mass is 513 g/mol. The number of anilines is 2. The molecule has 192 valence electrons. The van der Waals surface area contributed by atoms with Crippen LogP contribution in [0.4, 0.5) is 11.6 Å². The number of fused-ring (bicyclic) bond motifs is 3. The van der Waals surface area contributed by atoms with E-state index in [2.05, 4.69) is 20.2 Å². The quantitative estimate of drug-likeness (QED) is 0.313. The largest absolute Gasteiger partial charge is 0.491 e. The highest BCUT2D eigenvalue weighted by atomic mass is 16.5. The first-order chi connectivity index (χ1) is 21.9. The molecule has 0 unspecified atom stereocenters. The zero-order chi connectivity index (χ0) is 34.2. The van der Waals surface area contributed by atoms with Gasteiger partial charge in [-0.25, -0.2) is 9.67 Å². The molecule has 1 saturated heterocycles. The van der Waals surface area contributed by atoms with Crippen LogP contribution in [0.5, 0.6) is 5.75 Å². The van der Waals surface area contributed by atoms with Gasteiger partial charge in [0, 0.05) is 50.8 Å². The van der Waals surface area contributed by atoms with Crippen molar-refractivity contribution in [2.75, 3.05) is 63.4 Å². The molecule has 37 heavy (non-hydrogen) atoms. The number of rotatable bonds is 9. The van der Waals surface area contributed by atoms with E-state index in [0.29, 0.717) is 26.6 Å². The van der Waals surface area contributed by atoms with Crippen LogP contribution in [0, 0.1) is 0 Å². The number of hydrogen-bond acceptors (Lipinski definition) is 10. The van der Waals surface area contributed by atoms with Crippen molar-refractivity contribution >= 4 is 28.3 Å². The zero-order valence-electron chi connectivity index (χ0n) is 29.6. The second kappa shape index (κ2) is 10.1. The number of piperazine rings is 1. The minimum Gasteiger partial charge on any atom is -0.491 e. The lowest BCUT2D eigenvalue weighted by molar-refractivity contribution is 0.146. The number of hydrogen-bond donors (Lipinski definition) is 1. The number of nitrogen functional groups attached to an aromatic ring is 1. The molecule has 5 aromatic rings. The van der Waals surface area contributed by atoms with Gasteiger partial charge in [-0.2, -0.15) is 14.6 Å². The van der Waals surface area contributed by atoms with Gasteiger partial charge in [0.1, 0.15) is 12.3 Å². The Balaban J connectivity index is 1.30. The molecular weight excluding hydrogens is 474 g/mol. The van der Waals surface area contributed by atoms with Crippen molar-refractivity contribution in [1.29, 1.82) is 0 Å². The summed E-state index contributed by atoms with van der Waals surface area (Å²) < 4.78 is 104. The van der Waals surface area contributed by atoms with Crippen molar-refractivity contribution in [3.8, 4) is 17.3 Å². The van der Waals surface area contributed by atoms with Gasteiger partial charge in [-0.3, -0.25) is 4.90 Å². The van der Waals surface area contributed by atoms with E-state index >= 15 is 0 Å². The number of nitrogens with two attached hydrogens (primary N) is 1. The lowest BCUT2D eigenvalue weighted by atomic mass is 10.2. The number of methoxy groups -OCH3 is 1. The summed E-state index contributed by atoms with van der Waals surface area (Å²) in [5, 5.41) is 9.05. The summed E-state index contributed by atoms with van der Waals surface area (Å²) >= 11 is 0. The molecule has 0 amide bonds. The maximum atomic E-state index is 8.79. The Hall–Kier alpha value is -4.16. The van der Waals surface area contributed by atoms with Crippen LogP contribution in [-0.4, -0.2) is 87.1 Å². The first-order valence-electron chi connectivity index (χ1n) is 16.2. The molecular formula is C25H29N9O3. The summed E-state index contributed by atoms with van der Waals surface area (Å²) in [7, 11) is 1.30. The average Bonchev–Trinajstić information content (AvgIpc) is 3.73. The minimum atomic E-state index is -3.13. The standard InChI is InChI=1S/C25H29N9O3/c1-35-15-16-36-19-6-4-18(5-7-19)32-11-8-31(9-12-32)10-13-33-23-20(17-27-33)24-28-22(21-3-2-14-37-21)30-34(24)25(26)29-23/h2-7,14,17H,8-13,15-16H2,1H3,(H2,26,29)/i8D2,9D2,11D2,12D2,16D2. The second-order valence-corrected chi connectivity index (χ2v) is 7.83. The smallest absolute Gasteiger partial charge is 0.225 e. The van der Waals surface area contributed by atoms with E-state index in [1.54, 1.807) is 12.1 Å². The van der Waals surface area contributed by atoms with Crippen molar-refractivity contribution < 1.29 is 27.6 Å². The lowest BCUT2D eigenvalue weighted by Crippen LogP contribution is -2.47. The fraction of sp³-hybridized carbons (Fsp3) is 0.360. The summed E-state index contributed by atoms with van der Waals surface area (Å²) in [5.41, 5.74) is 6.48. The molecule has 1 aliphatic rings. The predicted molar refractivity (Wildman–Crippen MR) is 139 cm³/mol. The number of aromatic nitrogens is 6. The number of benzene rings is 1. The molecule has 2 N–H and O–H groups in total. The van der Waals surface area contributed by atoms with E-state index in [1.807, 2.05) is 0 Å². The van der Waals surface area contributed by atoms with Gasteiger partial charge < -0.3 is 24.5 Å². The van der Waals surface area contributed by atoms with E-state index in [0.717, 1.165) is 0 Å². The normalized spacial score (nSPS) is 24.5. The second-order valence-electron chi connectivity index (χ2n) is 7.83. The molecule has 0 radical (unpaired) electrons. The molecule has 0 atom stereocenters. The average molecular weight is 514 g/mol. The Morgan fingerprint density at radius 1 is 1.08 bits per heavy atom. The Kier molecular flexibility index (Phi) is 3.96. The highest BCUT2D eigenvalue weighted by molar-refractivity contribution is 5.90. The summed E-state index contributed by atoms with van der Waals surface area (Å²) in [6.07, 6.45) is 2.90. The van der Waals surface area contributed by atoms with Gasteiger partial charge in [-0.05, 0) is 36.4 Å². The molecule has 0 spiro atoms. The third-order valence-corrected chi connectivity index (χ3v) is 5.46. The summed E-state index contributed by atoms with van der Waals surface area (Å²) in [4.78, 5) is 9.73. The van der Waals surface area contributed by atoms with E-state index in [4.69, 9.17) is 33.3 Å². The molecule has 1 aromatic carbocycles. The Labute approximate surface area is 227 Å². The molecule has 1 fully saturated rings. The van der Waals surface area contributed by atoms with E-state index < -0.39 is 39.1 Å². The number of nitrogens with zero attached hydrogens (tertiary/aromatic N) is 8. The topological polar surface area (TPSA) is 125 Å². The van der Waals surface area contributed by atoms with Crippen molar-refractivity contribution in [3.05, 3.63) is 48.9 Å². The highest BCUT2D eigenvalue weighted by Crippen LogP contribution is 2.24. The third-order valence-electron chi connectivity index (χ3n) is 5.46. The molecule has 0 saturated carbocycles. The first-order valence-corrected chi connectivity index (χ1v) is 11.2. The van der Waals surface area contributed by atoms with Crippen molar-refractivity contribution in [1.82, 2.24) is 34.3 Å². The first kappa shape index (κ1) is 14.5. The van der Waals surface area contributed by atoms with Crippen molar-refractivity contribution in [2.24, 2.45) is 0 Å². The predicted octanol–water partition coefficient (Wildman–Crippen LogP) is 2.16. The van der Waals surface area contributed by atoms with Crippen LogP contribution in [0.15, 0.2) is 53.3 Å². The minimum absolute atomic E-state index is 0.0165. The van der Waals surface area contributed by atoms with Gasteiger partial charge in [-0.1, -0.05) is 0 Å². The van der Waals surface area contributed by atoms with Gasteiger partial charge in [0.05, 0.1) is 39.2 Å². The van der Waals surface area contributed by atoms with Crippen LogP contribution < -0.4 is 15.4 Å². The van der Waals surface area contributed by atoms with Crippen LogP contribution in [-0.2, 0) is 11.3 Å². The van der Waals surface area contributed by atoms with E-state index in [-0.39, 0.29) is 42.0 Å². The zero-order valence-corrected chi connectivity index (χ0v) is 19.6. The lowest BCUT2D eigenvalue weighted by Gasteiger charge is -2.36. The van der Waals surface area contributed by atoms with Crippen LogP contribution in [0.25, 0.3) is 28.3 Å². The van der Waals surface area contributed by atoms with Gasteiger partial charge >= 0.3 is 0 Å². The summed E-state index contributed by atoms with van der Waals surface area (Å²) in [6.45, 7) is -15.8. The molecule has 0 aliphatic carbocycles. The van der Waals surface area contributed by atoms with Crippen LogP contribution in [0.2, 0.25) is 0 Å². The van der Waals surface area contributed by atoms with Crippen LogP contribution in [0.1, 0.15) is 13.7 Å². The maximum absolute atomic E-state index is 8.79. The molecule has 12 heteroatoms. The Bertz CT molecular complexity index is 1880. The molecule has 6 rings (SSSR count). The van der Waals surface area contributed by atoms with Crippen LogP contribution >= 0.6 is 0 Å². The molecule has 1 aliphatic heterocycles. The van der Waals surface area contributed by atoms with Gasteiger partial charge in [0.15, 0.2) is 17.1 Å². The van der Waals surface area contributed by atoms with E-state index in [9.17, 15) is 0 Å². The molecule has 12 nitrogen and oxygen atoms in total. The fourth-order valence-electron chi connectivity index (χ4n) is 3.68. The number of ether oxygens (including phenoxy) is 2. The van der Waals surface area contributed by atoms with Crippen molar-refractivity contribution in [2.45, 2.75) is 6.54 Å². The van der Waals surface area contributed by atoms with Gasteiger partial charge in [0.25, 0.3) is 0 Å². The van der Waals surface area contributed by atoms with Crippen molar-refractivity contribution in [3.63, 3.8) is 0 Å². The molecule has 5 heterocycles. The summed E-state index contributed by atoms with van der Waals surface area (Å²) in [5.74, 6) is 0.622. The number of furan rings is 1. The SMILES string of the molecule is [2H]C([2H])(COC)Oc1ccc(N2C([2H])([2H])C([2H])([2H])N(CCn3ncc4c3nc(N)n3nc(-c5ccco5)nc43)C([2H])([2H])C2([2H])[2H])cc1. The Morgan fingerprint density at radius 3 is 2.68 bits per heavy atom. The highest BCUT2D eigenvalue weighted by Gasteiger charge is 2.20. The Morgan fingerprint density at radius 2 is 1.92 bits per heavy atom. The molecule has 0 bridgehead atoms. The van der Waals surface area contributed by atoms with E-state index in [1.165, 1.54) is 53.0 Å². The fourth-order valence-corrected chi connectivity index (χ4v) is 3.68. The third kappa shape index (κ3) is 4.68. The van der Waals surface area contributed by atoms with Crippen LogP contribution in [0.3, 0.4) is 0 Å². The summed E-state index contributed by atoms with van der Waals surface area (Å²) in [6, 6.07) is 8.24. The van der Waals surface area contributed by atoms with Gasteiger partial charge in [-0.15, -0.1) is 5.10 Å².